The van der Waals surface area contributed by atoms with Gasteiger partial charge in [-0.25, -0.2) is 0 Å². The van der Waals surface area contributed by atoms with Crippen molar-refractivity contribution in [3.05, 3.63) is 34.9 Å². The third kappa shape index (κ3) is 1.78. The molecule has 1 heteroatoms. The summed E-state index contributed by atoms with van der Waals surface area (Å²) < 4.78 is 0. The summed E-state index contributed by atoms with van der Waals surface area (Å²) in [5.74, 6) is 0.649. The van der Waals surface area contributed by atoms with E-state index in [9.17, 15) is 0 Å². The Bertz CT molecular complexity index is 373. The third-order valence-electron chi connectivity index (χ3n) is 4.04. The second-order valence-electron chi connectivity index (χ2n) is 5.47. The van der Waals surface area contributed by atoms with E-state index in [4.69, 9.17) is 0 Å². The van der Waals surface area contributed by atoms with Gasteiger partial charge in [0.05, 0.1) is 0 Å². The molecule has 1 aromatic rings. The van der Waals surface area contributed by atoms with Crippen molar-refractivity contribution in [2.24, 2.45) is 5.92 Å². The molecule has 1 heterocycles. The number of nitrogens with one attached hydrogen (secondary N) is 1. The Morgan fingerprint density at radius 1 is 1.25 bits per heavy atom. The third-order valence-corrected chi connectivity index (χ3v) is 4.04. The molecule has 1 atom stereocenters. The lowest BCUT2D eigenvalue weighted by molar-refractivity contribution is 0.276. The molecule has 0 aliphatic carbocycles. The summed E-state index contributed by atoms with van der Waals surface area (Å²) in [6, 6.07) is 6.87. The van der Waals surface area contributed by atoms with Crippen molar-refractivity contribution in [1.29, 1.82) is 0 Å². The van der Waals surface area contributed by atoms with E-state index < -0.39 is 0 Å². The summed E-state index contributed by atoms with van der Waals surface area (Å²) in [6.07, 6.45) is 2.57. The fraction of sp³-hybridized carbons (Fsp3) is 0.600. The average Bonchev–Trinajstić information content (AvgIpc) is 2.67. The number of benzene rings is 1. The van der Waals surface area contributed by atoms with Crippen molar-refractivity contribution < 1.29 is 0 Å². The Morgan fingerprint density at radius 3 is 2.50 bits per heavy atom. The molecule has 16 heavy (non-hydrogen) atoms. The van der Waals surface area contributed by atoms with Crippen molar-refractivity contribution in [1.82, 2.24) is 5.32 Å². The summed E-state index contributed by atoms with van der Waals surface area (Å²) >= 11 is 0. The van der Waals surface area contributed by atoms with Gasteiger partial charge in [0.2, 0.25) is 0 Å². The number of aryl methyl sites for hydroxylation is 2. The minimum absolute atomic E-state index is 0.220. The second-order valence-corrected chi connectivity index (χ2v) is 5.47. The Morgan fingerprint density at radius 2 is 2.00 bits per heavy atom. The molecule has 1 aromatic carbocycles. The van der Waals surface area contributed by atoms with Crippen molar-refractivity contribution in [2.75, 3.05) is 6.54 Å². The Labute approximate surface area is 99.3 Å². The second kappa shape index (κ2) is 4.21. The molecule has 0 radical (unpaired) electrons. The normalized spacial score (nSPS) is 25.3. The maximum Gasteiger partial charge on any atom is 0.0460 e. The van der Waals surface area contributed by atoms with Crippen LogP contribution in [0.15, 0.2) is 18.2 Å². The van der Waals surface area contributed by atoms with Gasteiger partial charge in [0.15, 0.2) is 0 Å². The quantitative estimate of drug-likeness (QED) is 0.799. The highest BCUT2D eigenvalue weighted by Crippen LogP contribution is 2.39. The number of hydrogen-bond acceptors (Lipinski definition) is 1. The lowest BCUT2D eigenvalue weighted by Crippen LogP contribution is -2.42. The minimum Gasteiger partial charge on any atom is -0.307 e. The highest BCUT2D eigenvalue weighted by molar-refractivity contribution is 5.37. The van der Waals surface area contributed by atoms with Gasteiger partial charge in [-0.05, 0) is 50.3 Å². The van der Waals surface area contributed by atoms with Crippen molar-refractivity contribution in [3.63, 3.8) is 0 Å². The standard InChI is InChI=1S/C15H23N/c1-11(2)15(8-5-9-16-15)14-7-6-12(3)10-13(14)4/h6-7,10-11,16H,5,8-9H2,1-4H3. The molecular formula is C15H23N. The van der Waals surface area contributed by atoms with Gasteiger partial charge in [-0.1, -0.05) is 37.6 Å². The fourth-order valence-corrected chi connectivity index (χ4v) is 3.11. The average molecular weight is 217 g/mol. The predicted molar refractivity (Wildman–Crippen MR) is 69.7 cm³/mol. The first-order valence-electron chi connectivity index (χ1n) is 6.39. The van der Waals surface area contributed by atoms with E-state index in [2.05, 4.69) is 51.2 Å². The number of rotatable bonds is 2. The molecule has 1 nitrogen and oxygen atoms in total. The molecule has 1 unspecified atom stereocenters. The van der Waals surface area contributed by atoms with Gasteiger partial charge in [-0.3, -0.25) is 0 Å². The SMILES string of the molecule is Cc1ccc(C2(C(C)C)CCCN2)c(C)c1. The summed E-state index contributed by atoms with van der Waals surface area (Å²) in [4.78, 5) is 0. The first-order chi connectivity index (χ1) is 7.56. The first kappa shape index (κ1) is 11.7. The van der Waals surface area contributed by atoms with E-state index in [1.54, 1.807) is 0 Å². The lowest BCUT2D eigenvalue weighted by Gasteiger charge is -2.36. The maximum atomic E-state index is 3.75. The summed E-state index contributed by atoms with van der Waals surface area (Å²) in [5, 5.41) is 3.75. The van der Waals surface area contributed by atoms with Crippen LogP contribution in [0.25, 0.3) is 0 Å². The Hall–Kier alpha value is -0.820. The van der Waals surface area contributed by atoms with Crippen LogP contribution in [0.5, 0.6) is 0 Å². The molecular weight excluding hydrogens is 194 g/mol. The summed E-state index contributed by atoms with van der Waals surface area (Å²) in [5.41, 5.74) is 4.52. The molecule has 1 aliphatic heterocycles. The lowest BCUT2D eigenvalue weighted by atomic mass is 9.77. The molecule has 1 fully saturated rings. The van der Waals surface area contributed by atoms with Gasteiger partial charge in [0.25, 0.3) is 0 Å². The smallest absolute Gasteiger partial charge is 0.0460 e. The van der Waals surface area contributed by atoms with Crippen LogP contribution in [0, 0.1) is 19.8 Å². The largest absolute Gasteiger partial charge is 0.307 e. The molecule has 0 saturated carbocycles. The number of hydrogen-bond donors (Lipinski definition) is 1. The van der Waals surface area contributed by atoms with E-state index in [0.717, 1.165) is 6.54 Å². The minimum atomic E-state index is 0.220. The topological polar surface area (TPSA) is 12.0 Å². The molecule has 2 rings (SSSR count). The van der Waals surface area contributed by atoms with Crippen molar-refractivity contribution in [2.45, 2.75) is 46.1 Å². The molecule has 0 amide bonds. The van der Waals surface area contributed by atoms with Gasteiger partial charge in [-0.15, -0.1) is 0 Å². The van der Waals surface area contributed by atoms with Crippen LogP contribution < -0.4 is 5.32 Å². The van der Waals surface area contributed by atoms with Gasteiger partial charge >= 0.3 is 0 Å². The van der Waals surface area contributed by atoms with Crippen LogP contribution in [0.2, 0.25) is 0 Å². The maximum absolute atomic E-state index is 3.75. The zero-order chi connectivity index (χ0) is 11.8. The zero-order valence-electron chi connectivity index (χ0n) is 10.9. The molecule has 1 saturated heterocycles. The summed E-state index contributed by atoms with van der Waals surface area (Å²) in [6.45, 7) is 10.2. The Balaban J connectivity index is 2.47. The van der Waals surface area contributed by atoms with Crippen molar-refractivity contribution >= 4 is 0 Å². The monoisotopic (exact) mass is 217 g/mol. The van der Waals surface area contributed by atoms with Gasteiger partial charge in [-0.2, -0.15) is 0 Å². The highest BCUT2D eigenvalue weighted by atomic mass is 15.0. The van der Waals surface area contributed by atoms with E-state index in [1.165, 1.54) is 29.5 Å². The highest BCUT2D eigenvalue weighted by Gasteiger charge is 2.38. The molecule has 1 aliphatic rings. The molecule has 0 aromatic heterocycles. The van der Waals surface area contributed by atoms with Crippen LogP contribution in [-0.4, -0.2) is 6.54 Å². The van der Waals surface area contributed by atoms with E-state index in [-0.39, 0.29) is 5.54 Å². The fourth-order valence-electron chi connectivity index (χ4n) is 3.11. The molecule has 88 valence electrons. The van der Waals surface area contributed by atoms with Gasteiger partial charge < -0.3 is 5.32 Å². The van der Waals surface area contributed by atoms with Crippen LogP contribution in [-0.2, 0) is 5.54 Å². The zero-order valence-corrected chi connectivity index (χ0v) is 10.9. The van der Waals surface area contributed by atoms with Crippen LogP contribution in [0.3, 0.4) is 0 Å². The summed E-state index contributed by atoms with van der Waals surface area (Å²) in [7, 11) is 0. The molecule has 0 bridgehead atoms. The molecule has 0 spiro atoms. The van der Waals surface area contributed by atoms with E-state index in [0.29, 0.717) is 5.92 Å². The van der Waals surface area contributed by atoms with Crippen LogP contribution in [0.1, 0.15) is 43.4 Å². The van der Waals surface area contributed by atoms with E-state index >= 15 is 0 Å². The van der Waals surface area contributed by atoms with E-state index in [1.807, 2.05) is 0 Å². The predicted octanol–water partition coefficient (Wildman–Crippen LogP) is 3.54. The first-order valence-corrected chi connectivity index (χ1v) is 6.39. The van der Waals surface area contributed by atoms with Crippen LogP contribution in [0.4, 0.5) is 0 Å². The van der Waals surface area contributed by atoms with Gasteiger partial charge in [0, 0.05) is 5.54 Å². The van der Waals surface area contributed by atoms with Crippen LogP contribution >= 0.6 is 0 Å². The van der Waals surface area contributed by atoms with Gasteiger partial charge in [0.1, 0.15) is 0 Å². The Kier molecular flexibility index (Phi) is 3.07. The molecule has 1 N–H and O–H groups in total. The van der Waals surface area contributed by atoms with Crippen molar-refractivity contribution in [3.8, 4) is 0 Å².